The lowest BCUT2D eigenvalue weighted by atomic mass is 10.1. The average Bonchev–Trinajstić information content (AvgIpc) is 3.13. The molecule has 0 saturated carbocycles. The van der Waals surface area contributed by atoms with Gasteiger partial charge in [-0.3, -0.25) is 0 Å². The number of hydrogen-bond acceptors (Lipinski definition) is 2. The average molecular weight is 357 g/mol. The van der Waals surface area contributed by atoms with Crippen molar-refractivity contribution >= 4 is 33.5 Å². The number of benzene rings is 2. The van der Waals surface area contributed by atoms with Gasteiger partial charge < -0.3 is 10.4 Å². The van der Waals surface area contributed by atoms with E-state index in [1.54, 1.807) is 48.5 Å². The van der Waals surface area contributed by atoms with Gasteiger partial charge in [0.2, 0.25) is 0 Å². The molecule has 0 radical (unpaired) electrons. The summed E-state index contributed by atoms with van der Waals surface area (Å²) in [5.74, 6) is 0. The molecule has 2 aromatic carbocycles. The van der Waals surface area contributed by atoms with Crippen molar-refractivity contribution in [1.29, 1.82) is 0 Å². The largest absolute Gasteiger partial charge is 0.617 e. The Morgan fingerprint density at radius 2 is 1.38 bits per heavy atom. The van der Waals surface area contributed by atoms with E-state index in [9.17, 15) is 10.4 Å². The Labute approximate surface area is 146 Å². The first-order valence-electron chi connectivity index (χ1n) is 7.34. The smallest absolute Gasteiger partial charge is 0.313 e. The van der Waals surface area contributed by atoms with E-state index in [-0.39, 0.29) is 0 Å². The van der Waals surface area contributed by atoms with E-state index in [1.807, 2.05) is 23.0 Å². The minimum Gasteiger partial charge on any atom is -0.617 e. The highest BCUT2D eigenvalue weighted by molar-refractivity contribution is 8.22. The second kappa shape index (κ2) is 5.85. The van der Waals surface area contributed by atoms with E-state index in [0.29, 0.717) is 32.3 Å². The Bertz CT molecular complexity index is 988. The lowest BCUT2D eigenvalue weighted by molar-refractivity contribution is -0.653. The first kappa shape index (κ1) is 15.1. The maximum atomic E-state index is 13.0. The summed E-state index contributed by atoms with van der Waals surface area (Å²) in [6.45, 7) is 0. The number of thiol groups is 1. The highest BCUT2D eigenvalue weighted by Crippen LogP contribution is 2.44. The summed E-state index contributed by atoms with van der Waals surface area (Å²) < 4.78 is 1.74. The van der Waals surface area contributed by atoms with Crippen molar-refractivity contribution in [3.05, 3.63) is 86.9 Å². The molecular weight excluding hydrogens is 344 g/mol. The summed E-state index contributed by atoms with van der Waals surface area (Å²) in [6, 6.07) is 13.8. The molecular formula is C18H13ClN2O2S. The van der Waals surface area contributed by atoms with Crippen molar-refractivity contribution in [2.24, 2.45) is 0 Å². The third-order valence-electron chi connectivity index (χ3n) is 3.89. The number of fused-ring (bicyclic) bond motifs is 1. The van der Waals surface area contributed by atoms with E-state index in [1.165, 1.54) is 0 Å². The van der Waals surface area contributed by atoms with Crippen LogP contribution in [0.4, 0.5) is 0 Å². The number of aromatic nitrogens is 2. The van der Waals surface area contributed by atoms with E-state index in [0.717, 1.165) is 9.46 Å². The van der Waals surface area contributed by atoms with Gasteiger partial charge in [-0.2, -0.15) is 4.73 Å². The van der Waals surface area contributed by atoms with E-state index < -0.39 is 10.9 Å². The zero-order valence-electron chi connectivity index (χ0n) is 12.5. The van der Waals surface area contributed by atoms with Crippen molar-refractivity contribution < 1.29 is 9.46 Å². The van der Waals surface area contributed by atoms with Gasteiger partial charge in [0.05, 0.1) is 5.56 Å². The van der Waals surface area contributed by atoms with Crippen LogP contribution in [-0.4, -0.2) is 0 Å². The van der Waals surface area contributed by atoms with Crippen LogP contribution < -0.4 is 9.46 Å². The molecule has 4 rings (SSSR count). The van der Waals surface area contributed by atoms with E-state index >= 15 is 0 Å². The third-order valence-corrected chi connectivity index (χ3v) is 6.01. The molecule has 0 unspecified atom stereocenters. The summed E-state index contributed by atoms with van der Waals surface area (Å²) in [5.41, 5.74) is 1.78. The van der Waals surface area contributed by atoms with Crippen LogP contribution in [0.5, 0.6) is 0 Å². The van der Waals surface area contributed by atoms with Gasteiger partial charge in [-0.1, -0.05) is 35.9 Å². The Kier molecular flexibility index (Phi) is 3.67. The fourth-order valence-electron chi connectivity index (χ4n) is 2.79. The maximum absolute atomic E-state index is 13.0. The molecule has 0 N–H and O–H groups in total. The van der Waals surface area contributed by atoms with Crippen LogP contribution in [0.15, 0.2) is 76.5 Å². The Morgan fingerprint density at radius 3 is 2.00 bits per heavy atom. The van der Waals surface area contributed by atoms with Crippen LogP contribution in [0.1, 0.15) is 0 Å². The summed E-state index contributed by atoms with van der Waals surface area (Å²) in [4.78, 5) is 0. The SMILES string of the molecule is [O-][n+]1c(-c2ccc(Cl)cc2)c([SH]2C=CC=C2)[n+]([O-])c2ccccc21. The van der Waals surface area contributed by atoms with Crippen LogP contribution in [0.25, 0.3) is 22.3 Å². The number of hydrogen-bond donors (Lipinski definition) is 1. The van der Waals surface area contributed by atoms with Crippen molar-refractivity contribution in [3.63, 3.8) is 0 Å². The van der Waals surface area contributed by atoms with Gasteiger partial charge >= 0.3 is 10.7 Å². The van der Waals surface area contributed by atoms with Crippen molar-refractivity contribution in [1.82, 2.24) is 0 Å². The molecule has 24 heavy (non-hydrogen) atoms. The van der Waals surface area contributed by atoms with Gasteiger partial charge in [0, 0.05) is 17.2 Å². The molecule has 2 heterocycles. The van der Waals surface area contributed by atoms with Crippen LogP contribution in [0.2, 0.25) is 5.02 Å². The minimum atomic E-state index is -0.967. The van der Waals surface area contributed by atoms with E-state index in [4.69, 9.17) is 11.6 Å². The van der Waals surface area contributed by atoms with Gasteiger partial charge in [-0.05, 0) is 35.1 Å². The van der Waals surface area contributed by atoms with Gasteiger partial charge in [-0.15, -0.1) is 15.6 Å². The second-order valence-electron chi connectivity index (χ2n) is 5.35. The summed E-state index contributed by atoms with van der Waals surface area (Å²) in [6.07, 6.45) is 3.81. The molecule has 1 aliphatic rings. The first-order valence-corrected chi connectivity index (χ1v) is 9.20. The lowest BCUT2D eigenvalue weighted by Gasteiger charge is -2.16. The molecule has 120 valence electrons. The minimum absolute atomic E-state index is 0.350. The van der Waals surface area contributed by atoms with Crippen molar-refractivity contribution in [2.75, 3.05) is 0 Å². The molecule has 3 aromatic rings. The Balaban J connectivity index is 2.11. The van der Waals surface area contributed by atoms with Crippen molar-refractivity contribution in [3.8, 4) is 11.3 Å². The Hall–Kier alpha value is -2.50. The normalized spacial score (nSPS) is 14.6. The van der Waals surface area contributed by atoms with Crippen molar-refractivity contribution in [2.45, 2.75) is 5.03 Å². The topological polar surface area (TPSA) is 53.9 Å². The predicted octanol–water partition coefficient (Wildman–Crippen LogP) is 3.83. The highest BCUT2D eigenvalue weighted by atomic mass is 35.5. The predicted molar refractivity (Wildman–Crippen MR) is 97.8 cm³/mol. The fourth-order valence-corrected chi connectivity index (χ4v) is 4.65. The van der Waals surface area contributed by atoms with Crippen LogP contribution in [0.3, 0.4) is 0 Å². The van der Waals surface area contributed by atoms with Crippen LogP contribution >= 0.6 is 22.5 Å². The molecule has 0 spiro atoms. The van der Waals surface area contributed by atoms with E-state index in [2.05, 4.69) is 0 Å². The van der Waals surface area contributed by atoms with Gasteiger partial charge in [0.15, 0.2) is 0 Å². The zero-order chi connectivity index (χ0) is 16.7. The Morgan fingerprint density at radius 1 is 0.792 bits per heavy atom. The number of halogens is 1. The summed E-state index contributed by atoms with van der Waals surface area (Å²) in [7, 11) is -0.967. The van der Waals surface area contributed by atoms with Gasteiger partial charge in [0.1, 0.15) is 0 Å². The molecule has 0 atom stereocenters. The molecule has 0 aliphatic carbocycles. The number of para-hydroxylation sites is 2. The molecule has 0 bridgehead atoms. The first-order chi connectivity index (χ1) is 11.7. The summed E-state index contributed by atoms with van der Waals surface area (Å²) in [5, 5.41) is 31.0. The van der Waals surface area contributed by atoms with Gasteiger partial charge in [-0.25, -0.2) is 0 Å². The maximum Gasteiger partial charge on any atom is 0.313 e. The molecule has 0 fully saturated rings. The number of allylic oxidation sites excluding steroid dienone is 2. The number of nitrogens with zero attached hydrogens (tertiary/aromatic N) is 2. The highest BCUT2D eigenvalue weighted by Gasteiger charge is 2.32. The summed E-state index contributed by atoms with van der Waals surface area (Å²) >= 11 is 5.96. The third kappa shape index (κ3) is 2.33. The quantitative estimate of drug-likeness (QED) is 0.431. The lowest BCUT2D eigenvalue weighted by Crippen LogP contribution is -2.42. The fraction of sp³-hybridized carbons (Fsp3) is 0. The second-order valence-corrected chi connectivity index (χ2v) is 7.62. The monoisotopic (exact) mass is 356 g/mol. The van der Waals surface area contributed by atoms with Gasteiger partial charge in [0.25, 0.3) is 11.0 Å². The molecule has 6 heteroatoms. The molecule has 0 saturated heterocycles. The molecule has 0 amide bonds. The van der Waals surface area contributed by atoms with Crippen LogP contribution in [-0.2, 0) is 0 Å². The van der Waals surface area contributed by atoms with Crippen LogP contribution in [0, 0.1) is 10.4 Å². The molecule has 1 aromatic heterocycles. The number of rotatable bonds is 2. The standard InChI is InChI=1S/C18H13ClN2O2S/c19-14-9-7-13(8-10-14)17-18(24-11-3-4-12-24)21(23)16-6-2-1-5-15(16)20(17)22/h1-12,24H. The zero-order valence-corrected chi connectivity index (χ0v) is 14.1. The molecule has 4 nitrogen and oxygen atoms in total. The molecule has 1 aliphatic heterocycles.